The van der Waals surface area contributed by atoms with Gasteiger partial charge in [-0.05, 0) is 49.2 Å². The maximum atomic E-state index is 12.9. The normalized spacial score (nSPS) is 14.5. The molecule has 1 amide bonds. The predicted molar refractivity (Wildman–Crippen MR) is 105 cm³/mol. The summed E-state index contributed by atoms with van der Waals surface area (Å²) in [6.45, 7) is -0.0560. The molecule has 4 rings (SSSR count). The van der Waals surface area contributed by atoms with E-state index in [1.165, 1.54) is 12.1 Å². The second-order valence-corrected chi connectivity index (χ2v) is 7.36. The van der Waals surface area contributed by atoms with Crippen molar-refractivity contribution in [2.24, 2.45) is 0 Å². The Morgan fingerprint density at radius 1 is 1.13 bits per heavy atom. The Hall–Kier alpha value is -3.36. The number of nitrogens with zero attached hydrogens (tertiary/aromatic N) is 2. The fourth-order valence-electron chi connectivity index (χ4n) is 3.45. The maximum absolute atomic E-state index is 12.9. The zero-order valence-corrected chi connectivity index (χ0v) is 16.5. The molecular weight excluding hydrogens is 411 g/mol. The number of halogens is 3. The van der Waals surface area contributed by atoms with Crippen molar-refractivity contribution in [1.29, 1.82) is 0 Å². The van der Waals surface area contributed by atoms with E-state index in [-0.39, 0.29) is 35.8 Å². The fourth-order valence-corrected chi connectivity index (χ4v) is 3.45. The molecule has 31 heavy (non-hydrogen) atoms. The van der Waals surface area contributed by atoms with Gasteiger partial charge in [0.2, 0.25) is 5.82 Å². The Balaban J connectivity index is 1.35. The molecule has 0 aliphatic heterocycles. The summed E-state index contributed by atoms with van der Waals surface area (Å²) >= 11 is 0. The smallest absolute Gasteiger partial charge is 0.416 e. The van der Waals surface area contributed by atoms with Crippen molar-refractivity contribution in [3.63, 3.8) is 0 Å². The highest BCUT2D eigenvalue weighted by Gasteiger charge is 2.30. The zero-order chi connectivity index (χ0) is 21.8. The molecule has 162 valence electrons. The largest absolute Gasteiger partial charge is 0.484 e. The molecule has 1 fully saturated rings. The van der Waals surface area contributed by atoms with E-state index in [0.29, 0.717) is 11.3 Å². The summed E-state index contributed by atoms with van der Waals surface area (Å²) in [6.07, 6.45) is -0.142. The highest BCUT2D eigenvalue weighted by Crippen LogP contribution is 2.31. The van der Waals surface area contributed by atoms with Gasteiger partial charge in [0.05, 0.1) is 5.56 Å². The number of hydrogen-bond acceptors (Lipinski definition) is 5. The van der Waals surface area contributed by atoms with Gasteiger partial charge in [0, 0.05) is 17.2 Å². The van der Waals surface area contributed by atoms with Crippen LogP contribution in [0.2, 0.25) is 0 Å². The van der Waals surface area contributed by atoms with Gasteiger partial charge >= 0.3 is 6.18 Å². The third kappa shape index (κ3) is 5.22. The number of ether oxygens (including phenoxy) is 1. The van der Waals surface area contributed by atoms with Gasteiger partial charge in [0.15, 0.2) is 6.61 Å². The molecule has 1 saturated carbocycles. The Morgan fingerprint density at radius 3 is 2.58 bits per heavy atom. The number of rotatable bonds is 6. The molecule has 9 heteroatoms. The molecule has 1 heterocycles. The summed E-state index contributed by atoms with van der Waals surface area (Å²) in [6, 6.07) is 11.6. The number of aromatic nitrogens is 2. The summed E-state index contributed by atoms with van der Waals surface area (Å²) in [5, 5.41) is 6.74. The fraction of sp³-hybridized carbons (Fsp3) is 0.318. The number of carbonyl (C=O) groups excluding carboxylic acids is 1. The van der Waals surface area contributed by atoms with E-state index in [1.807, 2.05) is 0 Å². The van der Waals surface area contributed by atoms with E-state index < -0.39 is 11.7 Å². The summed E-state index contributed by atoms with van der Waals surface area (Å²) < 4.78 is 49.3. The molecule has 1 aliphatic carbocycles. The number of hydrogen-bond donors (Lipinski definition) is 1. The van der Waals surface area contributed by atoms with Crippen LogP contribution in [0.5, 0.6) is 5.75 Å². The minimum Gasteiger partial charge on any atom is -0.484 e. The quantitative estimate of drug-likeness (QED) is 0.594. The summed E-state index contributed by atoms with van der Waals surface area (Å²) in [5.41, 5.74) is -0.0454. The van der Waals surface area contributed by atoms with Crippen molar-refractivity contribution >= 4 is 5.91 Å². The zero-order valence-electron chi connectivity index (χ0n) is 16.5. The number of alkyl halides is 3. The highest BCUT2D eigenvalue weighted by molar-refractivity contribution is 5.94. The standard InChI is InChI=1S/C22H20F3N3O3/c23-22(24,25)16-5-3-4-15(12-16)20-27-19(31-28-20)13-30-18-10-8-14(9-11-18)21(29)26-17-6-1-2-7-17/h3-5,8-12,17H,1-2,6-7,13H2,(H,26,29). The Morgan fingerprint density at radius 2 is 1.87 bits per heavy atom. The Labute approximate surface area is 176 Å². The first-order valence-corrected chi connectivity index (χ1v) is 9.92. The third-order valence-electron chi connectivity index (χ3n) is 5.09. The highest BCUT2D eigenvalue weighted by atomic mass is 19.4. The van der Waals surface area contributed by atoms with E-state index in [0.717, 1.165) is 37.8 Å². The van der Waals surface area contributed by atoms with Crippen LogP contribution in [0.3, 0.4) is 0 Å². The van der Waals surface area contributed by atoms with Crippen LogP contribution in [0, 0.1) is 0 Å². The first-order valence-electron chi connectivity index (χ1n) is 9.92. The van der Waals surface area contributed by atoms with E-state index >= 15 is 0 Å². The Bertz CT molecular complexity index is 1040. The lowest BCUT2D eigenvalue weighted by molar-refractivity contribution is -0.137. The van der Waals surface area contributed by atoms with Crippen LogP contribution < -0.4 is 10.1 Å². The lowest BCUT2D eigenvalue weighted by Crippen LogP contribution is -2.32. The first-order chi connectivity index (χ1) is 14.9. The lowest BCUT2D eigenvalue weighted by Gasteiger charge is -2.12. The molecule has 6 nitrogen and oxygen atoms in total. The van der Waals surface area contributed by atoms with Gasteiger partial charge in [-0.1, -0.05) is 30.1 Å². The number of amides is 1. The van der Waals surface area contributed by atoms with Crippen molar-refractivity contribution < 1.29 is 27.2 Å². The van der Waals surface area contributed by atoms with Crippen LogP contribution in [-0.2, 0) is 12.8 Å². The molecule has 0 spiro atoms. The molecular formula is C22H20F3N3O3. The number of carbonyl (C=O) groups is 1. The summed E-state index contributed by atoms with van der Waals surface area (Å²) in [4.78, 5) is 16.3. The van der Waals surface area contributed by atoms with Crippen molar-refractivity contribution in [3.8, 4) is 17.1 Å². The molecule has 1 N–H and O–H groups in total. The van der Waals surface area contributed by atoms with Gasteiger partial charge in [-0.2, -0.15) is 18.2 Å². The average molecular weight is 431 g/mol. The monoisotopic (exact) mass is 431 g/mol. The van der Waals surface area contributed by atoms with Gasteiger partial charge in [-0.15, -0.1) is 0 Å². The van der Waals surface area contributed by atoms with E-state index in [1.54, 1.807) is 24.3 Å². The first kappa shape index (κ1) is 20.9. The topological polar surface area (TPSA) is 77.2 Å². The van der Waals surface area contributed by atoms with Gasteiger partial charge in [-0.25, -0.2) is 0 Å². The van der Waals surface area contributed by atoms with Crippen LogP contribution in [0.25, 0.3) is 11.4 Å². The third-order valence-corrected chi connectivity index (χ3v) is 5.09. The molecule has 2 aromatic carbocycles. The molecule has 0 radical (unpaired) electrons. The van der Waals surface area contributed by atoms with Crippen LogP contribution in [0.1, 0.15) is 47.5 Å². The minimum atomic E-state index is -4.45. The predicted octanol–water partition coefficient (Wildman–Crippen LogP) is 5.01. The van der Waals surface area contributed by atoms with Crippen LogP contribution >= 0.6 is 0 Å². The van der Waals surface area contributed by atoms with Gasteiger partial charge in [0.1, 0.15) is 5.75 Å². The summed E-state index contributed by atoms with van der Waals surface area (Å²) in [7, 11) is 0. The second kappa shape index (κ2) is 8.79. The molecule has 1 aromatic heterocycles. The van der Waals surface area contributed by atoms with Crippen LogP contribution in [0.4, 0.5) is 13.2 Å². The maximum Gasteiger partial charge on any atom is 0.416 e. The summed E-state index contributed by atoms with van der Waals surface area (Å²) in [5.74, 6) is 0.552. The molecule has 0 atom stereocenters. The lowest BCUT2D eigenvalue weighted by atomic mass is 10.1. The van der Waals surface area contributed by atoms with E-state index in [9.17, 15) is 18.0 Å². The van der Waals surface area contributed by atoms with Gasteiger partial charge in [-0.3, -0.25) is 4.79 Å². The van der Waals surface area contributed by atoms with E-state index in [4.69, 9.17) is 9.26 Å². The molecule has 3 aromatic rings. The minimum absolute atomic E-state index is 0.0450. The Kier molecular flexibility index (Phi) is 5.92. The van der Waals surface area contributed by atoms with Crippen molar-refractivity contribution in [2.75, 3.05) is 0 Å². The second-order valence-electron chi connectivity index (χ2n) is 7.36. The van der Waals surface area contributed by atoms with Crippen LogP contribution in [-0.4, -0.2) is 22.1 Å². The number of benzene rings is 2. The molecule has 0 unspecified atom stereocenters. The van der Waals surface area contributed by atoms with Gasteiger partial charge in [0.25, 0.3) is 11.8 Å². The SMILES string of the molecule is O=C(NC1CCCC1)c1ccc(OCc2nc(-c3cccc(C(F)(F)F)c3)no2)cc1. The van der Waals surface area contributed by atoms with E-state index in [2.05, 4.69) is 15.5 Å². The van der Waals surface area contributed by atoms with Crippen molar-refractivity contribution in [3.05, 3.63) is 65.5 Å². The number of nitrogens with one attached hydrogen (secondary N) is 1. The van der Waals surface area contributed by atoms with Crippen molar-refractivity contribution in [2.45, 2.75) is 44.5 Å². The van der Waals surface area contributed by atoms with Crippen molar-refractivity contribution in [1.82, 2.24) is 15.5 Å². The molecule has 0 bridgehead atoms. The van der Waals surface area contributed by atoms with Crippen LogP contribution in [0.15, 0.2) is 53.1 Å². The average Bonchev–Trinajstić information content (AvgIpc) is 3.44. The molecule has 1 aliphatic rings. The molecule has 0 saturated heterocycles. The van der Waals surface area contributed by atoms with Gasteiger partial charge < -0.3 is 14.6 Å².